The lowest BCUT2D eigenvalue weighted by molar-refractivity contribution is -0.653. The van der Waals surface area contributed by atoms with Gasteiger partial charge >= 0.3 is 6.09 Å². The Labute approximate surface area is 183 Å². The summed E-state index contributed by atoms with van der Waals surface area (Å²) in [6.07, 6.45) is 2.14. The van der Waals surface area contributed by atoms with Crippen molar-refractivity contribution in [3.63, 3.8) is 0 Å². The molecule has 0 radical (unpaired) electrons. The fourth-order valence-corrected chi connectivity index (χ4v) is 4.18. The lowest BCUT2D eigenvalue weighted by Gasteiger charge is -2.34. The third-order valence-corrected chi connectivity index (χ3v) is 5.96. The summed E-state index contributed by atoms with van der Waals surface area (Å²) < 4.78 is 2.54. The van der Waals surface area contributed by atoms with Crippen molar-refractivity contribution in [1.82, 2.24) is 25.0 Å². The van der Waals surface area contributed by atoms with Crippen LogP contribution in [0.25, 0.3) is 22.3 Å². The van der Waals surface area contributed by atoms with Gasteiger partial charge < -0.3 is 20.7 Å². The number of aromatic nitrogens is 6. The number of fused-ring (bicyclic) bond motifs is 1. The number of para-hydroxylation sites is 1. The number of aliphatic hydroxyl groups is 1. The summed E-state index contributed by atoms with van der Waals surface area (Å²) in [7, 11) is 0. The van der Waals surface area contributed by atoms with Crippen molar-refractivity contribution >= 4 is 22.9 Å². The summed E-state index contributed by atoms with van der Waals surface area (Å²) in [6.45, 7) is 2.06. The molecule has 5 rings (SSSR count). The van der Waals surface area contributed by atoms with E-state index in [9.17, 15) is 15.0 Å². The van der Waals surface area contributed by atoms with Crippen LogP contribution in [0.2, 0.25) is 0 Å². The maximum atomic E-state index is 11.9. The van der Waals surface area contributed by atoms with Gasteiger partial charge in [-0.1, -0.05) is 23.4 Å². The number of pyridine rings is 1. The standard InChI is InChI=1S/C22H21N7O3/c1-13-5-2-7-15-18(13)24-20(23)25-19(15)16-12-28(27-26-16)11-14-6-3-8-17(29(14)21(30)31)22(32)9-4-10-22/h2-3,5-8,12,32H,4,9-11H2,1H3,(H2-,23,24,25,30,31). The molecule has 10 heteroatoms. The van der Waals surface area contributed by atoms with E-state index in [1.54, 1.807) is 24.4 Å². The second-order valence-corrected chi connectivity index (χ2v) is 8.09. The Morgan fingerprint density at radius 1 is 1.25 bits per heavy atom. The minimum atomic E-state index is -1.40. The monoisotopic (exact) mass is 431 g/mol. The number of carbonyl (C=O) groups is 1. The molecule has 0 aliphatic heterocycles. The maximum Gasteiger partial charge on any atom is 0.343 e. The number of carboxylic acid groups (broad SMARTS) is 1. The molecule has 0 atom stereocenters. The topological polar surface area (TPSA) is 147 Å². The second kappa shape index (κ2) is 7.34. The highest BCUT2D eigenvalue weighted by atomic mass is 16.4. The molecule has 162 valence electrons. The van der Waals surface area contributed by atoms with Crippen LogP contribution in [0, 0.1) is 6.92 Å². The fraction of sp³-hybridized carbons (Fsp3) is 0.273. The van der Waals surface area contributed by atoms with Gasteiger partial charge in [-0.2, -0.15) is 0 Å². The molecule has 0 unspecified atom stereocenters. The maximum absolute atomic E-state index is 11.9. The predicted octanol–water partition coefficient (Wildman–Crippen LogP) is 0.678. The van der Waals surface area contributed by atoms with E-state index in [0.717, 1.165) is 27.5 Å². The first-order valence-electron chi connectivity index (χ1n) is 10.3. The first kappa shape index (κ1) is 20.0. The van der Waals surface area contributed by atoms with Crippen LogP contribution in [0.1, 0.15) is 36.2 Å². The van der Waals surface area contributed by atoms with Crippen LogP contribution in [0.15, 0.2) is 42.6 Å². The quantitative estimate of drug-likeness (QED) is 0.448. The number of rotatable bonds is 4. The SMILES string of the molecule is Cc1cccc2c(-c3cn(Cc4cccc(C5(O)CCC5)[n+]4C(=O)[O-])nn3)nc(N)nc12. The minimum absolute atomic E-state index is 0.114. The van der Waals surface area contributed by atoms with E-state index in [0.29, 0.717) is 35.6 Å². The van der Waals surface area contributed by atoms with Crippen molar-refractivity contribution in [1.29, 1.82) is 0 Å². The van der Waals surface area contributed by atoms with Gasteiger partial charge in [-0.25, -0.2) is 14.6 Å². The smallest absolute Gasteiger partial charge is 0.343 e. The van der Waals surface area contributed by atoms with Crippen molar-refractivity contribution < 1.29 is 19.6 Å². The van der Waals surface area contributed by atoms with E-state index >= 15 is 0 Å². The zero-order valence-corrected chi connectivity index (χ0v) is 17.4. The van der Waals surface area contributed by atoms with Crippen molar-refractivity contribution in [3.8, 4) is 11.4 Å². The Kier molecular flexibility index (Phi) is 4.59. The molecule has 1 aliphatic carbocycles. The van der Waals surface area contributed by atoms with Gasteiger partial charge in [-0.15, -0.1) is 9.67 Å². The first-order chi connectivity index (χ1) is 15.4. The summed E-state index contributed by atoms with van der Waals surface area (Å²) in [5, 5.41) is 31.8. The summed E-state index contributed by atoms with van der Waals surface area (Å²) >= 11 is 0. The number of carbonyl (C=O) groups excluding carboxylic acids is 1. The average molecular weight is 431 g/mol. The van der Waals surface area contributed by atoms with E-state index in [2.05, 4.69) is 20.3 Å². The van der Waals surface area contributed by atoms with Gasteiger partial charge in [0.2, 0.25) is 17.3 Å². The summed E-state index contributed by atoms with van der Waals surface area (Å²) in [5.74, 6) is 0.132. The molecule has 3 heterocycles. The average Bonchev–Trinajstić information content (AvgIpc) is 3.20. The number of benzene rings is 1. The fourth-order valence-electron chi connectivity index (χ4n) is 4.18. The highest BCUT2D eigenvalue weighted by Gasteiger charge is 2.44. The molecule has 32 heavy (non-hydrogen) atoms. The van der Waals surface area contributed by atoms with Crippen molar-refractivity contribution in [2.45, 2.75) is 38.3 Å². The van der Waals surface area contributed by atoms with Gasteiger partial charge in [0.15, 0.2) is 0 Å². The van der Waals surface area contributed by atoms with Gasteiger partial charge in [-0.05, 0) is 37.8 Å². The van der Waals surface area contributed by atoms with Gasteiger partial charge in [0.05, 0.1) is 11.7 Å². The molecule has 3 aromatic heterocycles. The Hall–Kier alpha value is -3.92. The number of hydrogen-bond donors (Lipinski definition) is 2. The normalized spacial score (nSPS) is 14.9. The summed E-state index contributed by atoms with van der Waals surface area (Å²) in [4.78, 5) is 20.6. The van der Waals surface area contributed by atoms with E-state index < -0.39 is 11.7 Å². The second-order valence-electron chi connectivity index (χ2n) is 8.09. The lowest BCUT2D eigenvalue weighted by atomic mass is 9.77. The van der Waals surface area contributed by atoms with Gasteiger partial charge in [0.1, 0.15) is 23.5 Å². The van der Waals surface area contributed by atoms with Gasteiger partial charge in [-0.3, -0.25) is 0 Å². The molecule has 10 nitrogen and oxygen atoms in total. The summed E-state index contributed by atoms with van der Waals surface area (Å²) in [5.41, 5.74) is 8.22. The molecule has 0 amide bonds. The first-order valence-corrected chi connectivity index (χ1v) is 10.3. The largest absolute Gasteiger partial charge is 0.490 e. The van der Waals surface area contributed by atoms with Crippen LogP contribution in [0.3, 0.4) is 0 Å². The van der Waals surface area contributed by atoms with Crippen molar-refractivity contribution in [2.75, 3.05) is 5.73 Å². The number of anilines is 1. The number of nitrogen functional groups attached to an aromatic ring is 1. The molecule has 1 fully saturated rings. The van der Waals surface area contributed by atoms with Gasteiger partial charge in [0.25, 0.3) is 0 Å². The number of nitrogens with zero attached hydrogens (tertiary/aromatic N) is 6. The molecule has 1 saturated carbocycles. The zero-order valence-electron chi connectivity index (χ0n) is 17.4. The molecule has 4 aromatic rings. The third kappa shape index (κ3) is 3.25. The Balaban J connectivity index is 1.54. The van der Waals surface area contributed by atoms with Crippen LogP contribution in [0.4, 0.5) is 10.7 Å². The molecule has 0 spiro atoms. The van der Waals surface area contributed by atoms with E-state index in [4.69, 9.17) is 5.73 Å². The molecule has 0 bridgehead atoms. The Morgan fingerprint density at radius 3 is 2.75 bits per heavy atom. The van der Waals surface area contributed by atoms with Crippen LogP contribution >= 0.6 is 0 Å². The molecular weight excluding hydrogens is 410 g/mol. The molecule has 3 N–H and O–H groups in total. The minimum Gasteiger partial charge on any atom is -0.490 e. The van der Waals surface area contributed by atoms with E-state index in [1.165, 1.54) is 4.68 Å². The summed E-state index contributed by atoms with van der Waals surface area (Å²) in [6, 6.07) is 10.7. The zero-order chi connectivity index (χ0) is 22.5. The Morgan fingerprint density at radius 2 is 2.03 bits per heavy atom. The molecule has 1 aliphatic rings. The molecule has 1 aromatic carbocycles. The van der Waals surface area contributed by atoms with E-state index in [1.807, 2.05) is 25.1 Å². The number of aryl methyl sites for hydroxylation is 1. The molecule has 0 saturated heterocycles. The number of nitrogens with two attached hydrogens (primary N) is 1. The number of hydrogen-bond acceptors (Lipinski definition) is 8. The third-order valence-electron chi connectivity index (χ3n) is 5.96. The molecular formula is C22H21N7O3. The predicted molar refractivity (Wildman–Crippen MR) is 112 cm³/mol. The van der Waals surface area contributed by atoms with Crippen molar-refractivity contribution in [2.24, 2.45) is 0 Å². The van der Waals surface area contributed by atoms with Gasteiger partial charge in [0, 0.05) is 17.5 Å². The van der Waals surface area contributed by atoms with Crippen LogP contribution in [0.5, 0.6) is 0 Å². The Bertz CT molecular complexity index is 1360. The van der Waals surface area contributed by atoms with Crippen LogP contribution < -0.4 is 15.4 Å². The van der Waals surface area contributed by atoms with E-state index in [-0.39, 0.29) is 12.5 Å². The highest BCUT2D eigenvalue weighted by Crippen LogP contribution is 2.39. The van der Waals surface area contributed by atoms with Crippen LogP contribution in [-0.2, 0) is 12.1 Å². The van der Waals surface area contributed by atoms with Crippen molar-refractivity contribution in [3.05, 3.63) is 59.5 Å². The van der Waals surface area contributed by atoms with Crippen LogP contribution in [-0.4, -0.2) is 36.2 Å². The lowest BCUT2D eigenvalue weighted by Crippen LogP contribution is -2.61. The highest BCUT2D eigenvalue weighted by molar-refractivity contribution is 5.93.